The van der Waals surface area contributed by atoms with Crippen LogP contribution in [0, 0.1) is 6.92 Å². The van der Waals surface area contributed by atoms with Crippen LogP contribution in [0.5, 0.6) is 5.75 Å². The van der Waals surface area contributed by atoms with E-state index in [1.54, 1.807) is 0 Å². The summed E-state index contributed by atoms with van der Waals surface area (Å²) < 4.78 is 5.76. The maximum Gasteiger partial charge on any atom is 0.122 e. The number of aliphatic hydroxyl groups excluding tert-OH is 1. The number of aryl methyl sites for hydroxylation is 1. The number of ether oxygens (including phenoxy) is 1. The Bertz CT molecular complexity index is 389. The van der Waals surface area contributed by atoms with Crippen molar-refractivity contribution in [3.8, 4) is 5.75 Å². The molecule has 1 N–H and O–H groups in total. The van der Waals surface area contributed by atoms with Gasteiger partial charge in [0.05, 0.1) is 6.10 Å². The lowest BCUT2D eigenvalue weighted by Gasteiger charge is -2.29. The first-order chi connectivity index (χ1) is 8.65. The van der Waals surface area contributed by atoms with E-state index in [2.05, 4.69) is 4.90 Å². The van der Waals surface area contributed by atoms with Crippen LogP contribution in [0.2, 0.25) is 5.02 Å². The molecule has 0 saturated carbocycles. The minimum Gasteiger partial charge on any atom is -0.492 e. The zero-order valence-electron chi connectivity index (χ0n) is 10.7. The quantitative estimate of drug-likeness (QED) is 0.912. The van der Waals surface area contributed by atoms with E-state index < -0.39 is 0 Å². The molecule has 1 aromatic carbocycles. The maximum atomic E-state index is 9.42. The number of halogens is 1. The van der Waals surface area contributed by atoms with Crippen molar-refractivity contribution in [2.75, 3.05) is 26.2 Å². The van der Waals surface area contributed by atoms with Crippen LogP contribution in [-0.4, -0.2) is 42.4 Å². The predicted octanol–water partition coefficient (Wildman–Crippen LogP) is 2.48. The Labute approximate surface area is 113 Å². The number of rotatable bonds is 4. The van der Waals surface area contributed by atoms with Gasteiger partial charge in [-0.1, -0.05) is 11.6 Å². The summed E-state index contributed by atoms with van der Waals surface area (Å²) in [5.74, 6) is 0.899. The second-order valence-electron chi connectivity index (χ2n) is 4.83. The fourth-order valence-corrected chi connectivity index (χ4v) is 2.43. The molecule has 0 aromatic heterocycles. The van der Waals surface area contributed by atoms with Crippen molar-refractivity contribution in [3.05, 3.63) is 28.8 Å². The van der Waals surface area contributed by atoms with Crippen molar-refractivity contribution in [1.29, 1.82) is 0 Å². The average Bonchev–Trinajstić information content (AvgIpc) is 2.34. The van der Waals surface area contributed by atoms with Crippen molar-refractivity contribution < 1.29 is 9.84 Å². The van der Waals surface area contributed by atoms with E-state index >= 15 is 0 Å². The molecule has 0 radical (unpaired) electrons. The monoisotopic (exact) mass is 269 g/mol. The molecule has 0 bridgehead atoms. The van der Waals surface area contributed by atoms with E-state index in [0.29, 0.717) is 6.61 Å². The van der Waals surface area contributed by atoms with Gasteiger partial charge in [-0.05, 0) is 43.5 Å². The van der Waals surface area contributed by atoms with Gasteiger partial charge in [-0.15, -0.1) is 0 Å². The highest BCUT2D eigenvalue weighted by atomic mass is 35.5. The molecule has 1 heterocycles. The summed E-state index contributed by atoms with van der Waals surface area (Å²) in [7, 11) is 0. The van der Waals surface area contributed by atoms with Crippen LogP contribution in [0.25, 0.3) is 0 Å². The highest BCUT2D eigenvalue weighted by Gasteiger charge is 2.16. The Morgan fingerprint density at radius 2 is 2.11 bits per heavy atom. The maximum absolute atomic E-state index is 9.42. The summed E-state index contributed by atoms with van der Waals surface area (Å²) in [6.45, 7) is 5.51. The van der Waals surface area contributed by atoms with Crippen molar-refractivity contribution >= 4 is 11.6 Å². The summed E-state index contributed by atoms with van der Waals surface area (Å²) in [5.41, 5.74) is 1.07. The van der Waals surface area contributed by atoms with Gasteiger partial charge in [-0.25, -0.2) is 0 Å². The van der Waals surface area contributed by atoms with Gasteiger partial charge in [0.2, 0.25) is 0 Å². The topological polar surface area (TPSA) is 32.7 Å². The number of hydrogen-bond donors (Lipinski definition) is 1. The second kappa shape index (κ2) is 6.41. The minimum atomic E-state index is -0.110. The summed E-state index contributed by atoms with van der Waals surface area (Å²) >= 11 is 5.90. The molecule has 1 aliphatic heterocycles. The number of piperidine rings is 1. The van der Waals surface area contributed by atoms with Gasteiger partial charge < -0.3 is 9.84 Å². The van der Waals surface area contributed by atoms with E-state index in [9.17, 15) is 5.11 Å². The molecule has 3 nitrogen and oxygen atoms in total. The number of aliphatic hydroxyl groups is 1. The molecule has 0 spiro atoms. The van der Waals surface area contributed by atoms with Gasteiger partial charge in [0.25, 0.3) is 0 Å². The van der Waals surface area contributed by atoms with Crippen LogP contribution in [-0.2, 0) is 0 Å². The Balaban J connectivity index is 1.75. The first kappa shape index (κ1) is 13.7. The van der Waals surface area contributed by atoms with Crippen LogP contribution in [0.15, 0.2) is 18.2 Å². The van der Waals surface area contributed by atoms with Crippen LogP contribution >= 0.6 is 11.6 Å². The summed E-state index contributed by atoms with van der Waals surface area (Å²) in [5, 5.41) is 10.2. The molecule has 0 amide bonds. The molecule has 2 rings (SSSR count). The van der Waals surface area contributed by atoms with Gasteiger partial charge in [-0.2, -0.15) is 0 Å². The third kappa shape index (κ3) is 3.87. The molecule has 1 aliphatic rings. The van der Waals surface area contributed by atoms with Crippen molar-refractivity contribution in [1.82, 2.24) is 4.90 Å². The van der Waals surface area contributed by atoms with Crippen molar-refractivity contribution in [3.63, 3.8) is 0 Å². The summed E-state index contributed by atoms with van der Waals surface area (Å²) in [4.78, 5) is 2.33. The normalized spacial score (nSPS) is 17.9. The van der Waals surface area contributed by atoms with Crippen molar-refractivity contribution in [2.24, 2.45) is 0 Å². The molecule has 0 atom stereocenters. The number of nitrogens with zero attached hydrogens (tertiary/aromatic N) is 1. The standard InChI is InChI=1S/C14H20ClNO2/c1-11-10-12(15)2-3-14(11)18-9-8-16-6-4-13(17)5-7-16/h2-3,10,13,17H,4-9H2,1H3. The number of hydrogen-bond acceptors (Lipinski definition) is 3. The first-order valence-electron chi connectivity index (χ1n) is 6.44. The molecule has 0 aliphatic carbocycles. The lowest BCUT2D eigenvalue weighted by molar-refractivity contribution is 0.0754. The fraction of sp³-hybridized carbons (Fsp3) is 0.571. The van der Waals surface area contributed by atoms with Crippen LogP contribution in [0.3, 0.4) is 0 Å². The minimum absolute atomic E-state index is 0.110. The van der Waals surface area contributed by atoms with E-state index in [-0.39, 0.29) is 6.10 Å². The van der Waals surface area contributed by atoms with Gasteiger partial charge in [-0.3, -0.25) is 4.90 Å². The van der Waals surface area contributed by atoms with Gasteiger partial charge in [0.1, 0.15) is 12.4 Å². The number of benzene rings is 1. The largest absolute Gasteiger partial charge is 0.492 e. The van der Waals surface area contributed by atoms with Crippen LogP contribution < -0.4 is 4.74 Å². The smallest absolute Gasteiger partial charge is 0.122 e. The van der Waals surface area contributed by atoms with E-state index in [0.717, 1.165) is 48.8 Å². The SMILES string of the molecule is Cc1cc(Cl)ccc1OCCN1CCC(O)CC1. The molecule has 18 heavy (non-hydrogen) atoms. The Morgan fingerprint density at radius 1 is 1.39 bits per heavy atom. The van der Waals surface area contributed by atoms with Gasteiger partial charge in [0, 0.05) is 24.7 Å². The molecule has 1 aromatic rings. The zero-order chi connectivity index (χ0) is 13.0. The lowest BCUT2D eigenvalue weighted by atomic mass is 10.1. The van der Waals surface area contributed by atoms with Gasteiger partial charge in [0.15, 0.2) is 0 Å². The molecule has 0 unspecified atom stereocenters. The lowest BCUT2D eigenvalue weighted by Crippen LogP contribution is -2.38. The van der Waals surface area contributed by atoms with Crippen LogP contribution in [0.1, 0.15) is 18.4 Å². The second-order valence-corrected chi connectivity index (χ2v) is 5.27. The fourth-order valence-electron chi connectivity index (χ4n) is 2.20. The average molecular weight is 270 g/mol. The number of likely N-dealkylation sites (tertiary alicyclic amines) is 1. The third-order valence-corrected chi connectivity index (χ3v) is 3.59. The molecule has 100 valence electrons. The Kier molecular flexibility index (Phi) is 4.87. The highest BCUT2D eigenvalue weighted by Crippen LogP contribution is 2.21. The van der Waals surface area contributed by atoms with E-state index in [4.69, 9.17) is 16.3 Å². The predicted molar refractivity (Wildman–Crippen MR) is 73.4 cm³/mol. The molecular weight excluding hydrogens is 250 g/mol. The first-order valence-corrected chi connectivity index (χ1v) is 6.82. The van der Waals surface area contributed by atoms with Crippen LogP contribution in [0.4, 0.5) is 0 Å². The molecule has 1 fully saturated rings. The third-order valence-electron chi connectivity index (χ3n) is 3.36. The summed E-state index contributed by atoms with van der Waals surface area (Å²) in [6.07, 6.45) is 1.64. The van der Waals surface area contributed by atoms with Crippen molar-refractivity contribution in [2.45, 2.75) is 25.9 Å². The Hall–Kier alpha value is -0.770. The summed E-state index contributed by atoms with van der Waals surface area (Å²) in [6, 6.07) is 5.67. The Morgan fingerprint density at radius 3 is 2.78 bits per heavy atom. The molecular formula is C14H20ClNO2. The molecule has 4 heteroatoms. The van der Waals surface area contributed by atoms with Gasteiger partial charge >= 0.3 is 0 Å². The zero-order valence-corrected chi connectivity index (χ0v) is 11.5. The van der Waals surface area contributed by atoms with E-state index in [1.807, 2.05) is 25.1 Å². The van der Waals surface area contributed by atoms with E-state index in [1.165, 1.54) is 0 Å². The molecule has 1 saturated heterocycles. The highest BCUT2D eigenvalue weighted by molar-refractivity contribution is 6.30.